The Morgan fingerprint density at radius 2 is 2.29 bits per heavy atom. The Hall–Kier alpha value is -1.89. The van der Waals surface area contributed by atoms with E-state index in [-0.39, 0.29) is 5.97 Å². The number of hydrogen-bond donors (Lipinski definition) is 1. The van der Waals surface area contributed by atoms with Crippen LogP contribution in [0.25, 0.3) is 0 Å². The predicted octanol–water partition coefficient (Wildman–Crippen LogP) is 2.68. The van der Waals surface area contributed by atoms with Gasteiger partial charge in [0.05, 0.1) is 30.1 Å². The summed E-state index contributed by atoms with van der Waals surface area (Å²) in [6.45, 7) is 4.30. The molecule has 1 N–H and O–H groups in total. The molecule has 2 rings (SSSR count). The van der Waals surface area contributed by atoms with Gasteiger partial charge in [0.1, 0.15) is 0 Å². The first-order valence-electron chi connectivity index (χ1n) is 7.02. The van der Waals surface area contributed by atoms with Gasteiger partial charge in [-0.2, -0.15) is 5.10 Å². The van der Waals surface area contributed by atoms with Gasteiger partial charge in [0.2, 0.25) is 0 Å². The lowest BCUT2D eigenvalue weighted by Crippen LogP contribution is -2.05. The van der Waals surface area contributed by atoms with Crippen molar-refractivity contribution in [3.63, 3.8) is 0 Å². The van der Waals surface area contributed by atoms with E-state index < -0.39 is 0 Å². The van der Waals surface area contributed by atoms with Crippen LogP contribution in [0.4, 0.5) is 10.8 Å². The second-order valence-corrected chi connectivity index (χ2v) is 5.45. The van der Waals surface area contributed by atoms with Crippen molar-refractivity contribution in [2.75, 3.05) is 11.9 Å². The van der Waals surface area contributed by atoms with Crippen molar-refractivity contribution in [1.82, 2.24) is 14.8 Å². The molecule has 7 heteroatoms. The Balaban J connectivity index is 1.95. The Morgan fingerprint density at radius 1 is 1.48 bits per heavy atom. The van der Waals surface area contributed by atoms with Crippen LogP contribution in [0.1, 0.15) is 31.7 Å². The van der Waals surface area contributed by atoms with Crippen molar-refractivity contribution in [2.24, 2.45) is 7.05 Å². The number of carbonyl (C=O) groups is 1. The number of nitrogens with zero attached hydrogens (tertiary/aromatic N) is 3. The van der Waals surface area contributed by atoms with Crippen molar-refractivity contribution >= 4 is 28.1 Å². The molecule has 2 heterocycles. The Bertz CT molecular complexity index is 606. The van der Waals surface area contributed by atoms with Gasteiger partial charge in [-0.3, -0.25) is 9.48 Å². The molecular formula is C14H20N4O2S. The average molecular weight is 308 g/mol. The fourth-order valence-corrected chi connectivity index (χ4v) is 2.71. The highest BCUT2D eigenvalue weighted by Gasteiger charge is 2.10. The third-order valence-corrected chi connectivity index (χ3v) is 3.73. The second kappa shape index (κ2) is 7.21. The zero-order chi connectivity index (χ0) is 15.2. The average Bonchev–Trinajstić information content (AvgIpc) is 3.04. The fourth-order valence-electron chi connectivity index (χ4n) is 1.96. The molecule has 0 unspecified atom stereocenters. The van der Waals surface area contributed by atoms with Crippen LogP contribution in [0.2, 0.25) is 0 Å². The number of aryl methyl sites for hydroxylation is 3. The summed E-state index contributed by atoms with van der Waals surface area (Å²) >= 11 is 1.53. The molecule has 0 aliphatic carbocycles. The number of nitrogens with one attached hydrogen (secondary N) is 1. The topological polar surface area (TPSA) is 69.0 Å². The van der Waals surface area contributed by atoms with Gasteiger partial charge in [-0.15, -0.1) is 11.3 Å². The van der Waals surface area contributed by atoms with Crippen LogP contribution in [0.3, 0.4) is 0 Å². The summed E-state index contributed by atoms with van der Waals surface area (Å²) < 4.78 is 6.70. The molecule has 0 bridgehead atoms. The maximum atomic E-state index is 11.3. The van der Waals surface area contributed by atoms with Gasteiger partial charge in [0, 0.05) is 25.0 Å². The summed E-state index contributed by atoms with van der Waals surface area (Å²) in [4.78, 5) is 15.8. The van der Waals surface area contributed by atoms with E-state index in [4.69, 9.17) is 4.74 Å². The molecule has 114 valence electrons. The van der Waals surface area contributed by atoms with Gasteiger partial charge < -0.3 is 10.1 Å². The van der Waals surface area contributed by atoms with Crippen LogP contribution < -0.4 is 5.32 Å². The molecule has 2 aromatic heterocycles. The zero-order valence-electron chi connectivity index (χ0n) is 12.5. The number of ether oxygens (including phenoxy) is 1. The summed E-state index contributed by atoms with van der Waals surface area (Å²) in [5.74, 6) is -0.180. The van der Waals surface area contributed by atoms with Crippen molar-refractivity contribution in [2.45, 2.75) is 33.1 Å². The van der Waals surface area contributed by atoms with Crippen LogP contribution >= 0.6 is 11.3 Å². The van der Waals surface area contributed by atoms with Gasteiger partial charge >= 0.3 is 5.97 Å². The first kappa shape index (κ1) is 15.5. The van der Waals surface area contributed by atoms with Gasteiger partial charge in [-0.25, -0.2) is 4.98 Å². The Labute approximate surface area is 128 Å². The smallest absolute Gasteiger partial charge is 0.306 e. The third-order valence-electron chi connectivity index (χ3n) is 2.92. The summed E-state index contributed by atoms with van der Waals surface area (Å²) in [6, 6.07) is 0. The third kappa shape index (κ3) is 4.29. The van der Waals surface area contributed by atoms with Crippen molar-refractivity contribution in [1.29, 1.82) is 0 Å². The lowest BCUT2D eigenvalue weighted by atomic mass is 10.2. The molecule has 21 heavy (non-hydrogen) atoms. The van der Waals surface area contributed by atoms with E-state index >= 15 is 0 Å². The largest absolute Gasteiger partial charge is 0.466 e. The van der Waals surface area contributed by atoms with Gasteiger partial charge in [-0.1, -0.05) is 6.92 Å². The lowest BCUT2D eigenvalue weighted by molar-refractivity contribution is -0.143. The molecule has 0 amide bonds. The number of rotatable bonds is 7. The molecule has 0 aliphatic heterocycles. The molecular weight excluding hydrogens is 288 g/mol. The number of esters is 1. The minimum atomic E-state index is -0.180. The number of hydrogen-bond acceptors (Lipinski definition) is 6. The SMILES string of the molecule is CCOC(=O)CCc1csc(Nc2cn(C)nc2CC)n1. The lowest BCUT2D eigenvalue weighted by Gasteiger charge is -2.01. The standard InChI is InChI=1S/C14H20N4O2S/c1-4-11-12(8-18(3)17-11)16-14-15-10(9-21-14)6-7-13(19)20-5-2/h8-9H,4-7H2,1-3H3,(H,15,16). The molecule has 0 fully saturated rings. The first-order chi connectivity index (χ1) is 10.1. The molecule has 6 nitrogen and oxygen atoms in total. The Morgan fingerprint density at radius 3 is 3.00 bits per heavy atom. The van der Waals surface area contributed by atoms with E-state index in [0.717, 1.165) is 28.6 Å². The summed E-state index contributed by atoms with van der Waals surface area (Å²) in [7, 11) is 1.90. The maximum absolute atomic E-state index is 11.3. The van der Waals surface area contributed by atoms with Crippen LogP contribution in [0.5, 0.6) is 0 Å². The molecule has 0 spiro atoms. The van der Waals surface area contributed by atoms with E-state index in [1.165, 1.54) is 11.3 Å². The zero-order valence-corrected chi connectivity index (χ0v) is 13.4. The number of thiazole rings is 1. The molecule has 0 aromatic carbocycles. The van der Waals surface area contributed by atoms with Gasteiger partial charge in [-0.05, 0) is 13.3 Å². The minimum Gasteiger partial charge on any atom is -0.466 e. The monoisotopic (exact) mass is 308 g/mol. The predicted molar refractivity (Wildman–Crippen MR) is 82.9 cm³/mol. The van der Waals surface area contributed by atoms with Crippen LogP contribution in [0, 0.1) is 0 Å². The fraction of sp³-hybridized carbons (Fsp3) is 0.500. The normalized spacial score (nSPS) is 10.6. The van der Waals surface area contributed by atoms with Gasteiger partial charge in [0.25, 0.3) is 0 Å². The molecule has 0 saturated carbocycles. The van der Waals surface area contributed by atoms with E-state index in [0.29, 0.717) is 19.4 Å². The summed E-state index contributed by atoms with van der Waals surface area (Å²) in [5, 5.41) is 10.4. The molecule has 0 atom stereocenters. The van der Waals surface area contributed by atoms with Crippen LogP contribution in [-0.2, 0) is 29.4 Å². The first-order valence-corrected chi connectivity index (χ1v) is 7.89. The van der Waals surface area contributed by atoms with Crippen molar-refractivity contribution in [3.05, 3.63) is 23.0 Å². The Kier molecular flexibility index (Phi) is 5.32. The molecule has 0 saturated heterocycles. The summed E-state index contributed by atoms with van der Waals surface area (Å²) in [5.41, 5.74) is 2.89. The highest BCUT2D eigenvalue weighted by atomic mass is 32.1. The van der Waals surface area contributed by atoms with Crippen molar-refractivity contribution < 1.29 is 9.53 Å². The minimum absolute atomic E-state index is 0.180. The maximum Gasteiger partial charge on any atom is 0.306 e. The number of aromatic nitrogens is 3. The van der Waals surface area contributed by atoms with Gasteiger partial charge in [0.15, 0.2) is 5.13 Å². The number of anilines is 2. The van der Waals surface area contributed by atoms with E-state index in [1.54, 1.807) is 4.68 Å². The second-order valence-electron chi connectivity index (χ2n) is 4.59. The van der Waals surface area contributed by atoms with Crippen LogP contribution in [-0.4, -0.2) is 27.3 Å². The highest BCUT2D eigenvalue weighted by Crippen LogP contribution is 2.24. The van der Waals surface area contributed by atoms with E-state index in [1.807, 2.05) is 25.5 Å². The van der Waals surface area contributed by atoms with E-state index in [2.05, 4.69) is 22.3 Å². The summed E-state index contributed by atoms with van der Waals surface area (Å²) in [6.07, 6.45) is 3.78. The molecule has 0 aliphatic rings. The van der Waals surface area contributed by atoms with E-state index in [9.17, 15) is 4.79 Å². The molecule has 0 radical (unpaired) electrons. The molecule has 2 aromatic rings. The van der Waals surface area contributed by atoms with Crippen molar-refractivity contribution in [3.8, 4) is 0 Å². The van der Waals surface area contributed by atoms with Crippen LogP contribution in [0.15, 0.2) is 11.6 Å². The number of carbonyl (C=O) groups excluding carboxylic acids is 1. The highest BCUT2D eigenvalue weighted by molar-refractivity contribution is 7.13. The quantitative estimate of drug-likeness (QED) is 0.796.